The predicted octanol–water partition coefficient (Wildman–Crippen LogP) is 26.0. The van der Waals surface area contributed by atoms with Gasteiger partial charge in [-0.3, -0.25) is 0 Å². The molecule has 109 heavy (non-hydrogen) atoms. The second kappa shape index (κ2) is 39.3. The van der Waals surface area contributed by atoms with E-state index < -0.39 is 122 Å². The van der Waals surface area contributed by atoms with Crippen LogP contribution in [0.5, 0.6) is 28.7 Å². The van der Waals surface area contributed by atoms with Crippen LogP contribution >= 0.6 is 0 Å². The minimum Gasteiger partial charge on any atom is -0.429 e. The van der Waals surface area contributed by atoms with E-state index in [1.54, 1.807) is 71.0 Å². The number of benzene rings is 10. The fourth-order valence-corrected chi connectivity index (χ4v) is 10.3. The number of halogens is 19. The van der Waals surface area contributed by atoms with E-state index >= 15 is 0 Å². The first-order valence-corrected chi connectivity index (χ1v) is 35.0. The van der Waals surface area contributed by atoms with Gasteiger partial charge in [-0.1, -0.05) is 136 Å². The highest BCUT2D eigenvalue weighted by Gasteiger charge is 2.42. The Morgan fingerprint density at radius 1 is 0.220 bits per heavy atom. The van der Waals surface area contributed by atoms with Crippen molar-refractivity contribution >= 4 is 0 Å². The predicted molar refractivity (Wildman–Crippen MR) is 380 cm³/mol. The van der Waals surface area contributed by atoms with Gasteiger partial charge in [-0.2, -0.15) is 43.9 Å². The number of aryl methyl sites for hydroxylation is 9. The summed E-state index contributed by atoms with van der Waals surface area (Å²) >= 11 is 0. The summed E-state index contributed by atoms with van der Waals surface area (Å²) in [6, 6.07) is 39.0. The maximum Gasteiger partial charge on any atom is 0.429 e. The third kappa shape index (κ3) is 24.4. The summed E-state index contributed by atoms with van der Waals surface area (Å²) in [6.07, 6.45) is -13.6. The molecule has 10 aromatic rings. The molecule has 0 aliphatic heterocycles. The van der Waals surface area contributed by atoms with Gasteiger partial charge in [0.05, 0.1) is 27.8 Å². The average Bonchev–Trinajstić information content (AvgIpc) is 0.820. The van der Waals surface area contributed by atoms with Gasteiger partial charge in [-0.05, 0) is 217 Å². The smallest absolute Gasteiger partial charge is 0.429 e. The lowest BCUT2D eigenvalue weighted by molar-refractivity contribution is -0.189. The summed E-state index contributed by atoms with van der Waals surface area (Å²) < 4.78 is 287. The van der Waals surface area contributed by atoms with Gasteiger partial charge < -0.3 is 23.7 Å². The number of alkyl halides is 10. The van der Waals surface area contributed by atoms with Gasteiger partial charge in [0.1, 0.15) is 52.2 Å². The van der Waals surface area contributed by atoms with Crippen molar-refractivity contribution in [2.45, 2.75) is 164 Å². The Kier molecular flexibility index (Phi) is 31.6. The van der Waals surface area contributed by atoms with Gasteiger partial charge >= 0.3 is 30.5 Å². The fourth-order valence-electron chi connectivity index (χ4n) is 10.3. The van der Waals surface area contributed by atoms with Gasteiger partial charge in [0.2, 0.25) is 0 Å². The first-order chi connectivity index (χ1) is 51.4. The molecule has 0 saturated carbocycles. The SMILES string of the molecule is CCc1ccc(C(F)(F)Oc2c(F)cc(CC)cc2F)cc1.CCc1ccc(C(F)(F)Oc2cc(F)c(CC)c(F)c2)c(F)c1.CCc1ccc(C(F)(F)Oc2ccc(CC)c(F)c2)c(F)c1.CCc1ccc(OC(F)(F)c2ccc(CC)cc2)cc1.CCc1ccc(OC(F)(F)c2ccc(CC)cc2F)c(F)c1. The summed E-state index contributed by atoms with van der Waals surface area (Å²) in [5.41, 5.74) is 2.59. The molecule has 10 rings (SSSR count). The van der Waals surface area contributed by atoms with Gasteiger partial charge in [0, 0.05) is 23.8 Å². The molecule has 0 aromatic heterocycles. The fraction of sp³-hybridized carbons (Fsp3) is 0.294. The maximum atomic E-state index is 14.1. The number of rotatable bonds is 25. The molecule has 0 saturated heterocycles. The van der Waals surface area contributed by atoms with Crippen molar-refractivity contribution in [3.63, 3.8) is 0 Å². The van der Waals surface area contributed by atoms with Crippen molar-refractivity contribution in [3.8, 4) is 28.7 Å². The van der Waals surface area contributed by atoms with Crippen LogP contribution in [0.25, 0.3) is 0 Å². The molecule has 0 aliphatic carbocycles. The minimum absolute atomic E-state index is 0.0709. The first kappa shape index (κ1) is 87.8. The Morgan fingerprint density at radius 2 is 0.523 bits per heavy atom. The number of hydrogen-bond acceptors (Lipinski definition) is 5. The van der Waals surface area contributed by atoms with Gasteiger partial charge in [0.25, 0.3) is 0 Å². The second-order valence-corrected chi connectivity index (χ2v) is 24.4. The van der Waals surface area contributed by atoms with Crippen molar-refractivity contribution in [2.24, 2.45) is 0 Å². The van der Waals surface area contributed by atoms with Crippen LogP contribution in [-0.2, 0) is 94.8 Å². The molecule has 0 bridgehead atoms. The summed E-state index contributed by atoms with van der Waals surface area (Å²) in [4.78, 5) is 0. The van der Waals surface area contributed by atoms with Crippen LogP contribution in [0.3, 0.4) is 0 Å². The number of ether oxygens (including phenoxy) is 5. The van der Waals surface area contributed by atoms with E-state index in [2.05, 4.69) is 18.9 Å². The maximum absolute atomic E-state index is 14.1. The van der Waals surface area contributed by atoms with Crippen LogP contribution in [-0.4, -0.2) is 0 Å². The van der Waals surface area contributed by atoms with Crippen molar-refractivity contribution in [3.05, 3.63) is 324 Å². The third-order valence-electron chi connectivity index (χ3n) is 16.9. The molecule has 584 valence electrons. The van der Waals surface area contributed by atoms with E-state index in [9.17, 15) is 83.4 Å². The monoisotopic (exact) mass is 1540 g/mol. The molecular weight excluding hydrogens is 1460 g/mol. The largest absolute Gasteiger partial charge is 0.429 e. The van der Waals surface area contributed by atoms with E-state index in [1.165, 1.54) is 79.7 Å². The highest BCUT2D eigenvalue weighted by molar-refractivity contribution is 5.38. The molecule has 0 heterocycles. The van der Waals surface area contributed by atoms with Gasteiger partial charge in [0.15, 0.2) is 29.0 Å². The molecule has 0 aliphatic rings. The van der Waals surface area contributed by atoms with Gasteiger partial charge in [-0.25, -0.2) is 39.5 Å². The lowest BCUT2D eigenvalue weighted by Gasteiger charge is -2.19. The van der Waals surface area contributed by atoms with E-state index in [0.29, 0.717) is 90.5 Å². The molecule has 10 aromatic carbocycles. The second-order valence-electron chi connectivity index (χ2n) is 24.4. The van der Waals surface area contributed by atoms with Crippen LogP contribution in [0.2, 0.25) is 0 Å². The normalized spacial score (nSPS) is 11.5. The minimum atomic E-state index is -4.05. The zero-order chi connectivity index (χ0) is 80.8. The highest BCUT2D eigenvalue weighted by Crippen LogP contribution is 2.40. The molecule has 0 radical (unpaired) electrons. The summed E-state index contributed by atoms with van der Waals surface area (Å²) in [5.74, 6) is -11.6. The van der Waals surface area contributed by atoms with E-state index in [1.807, 2.05) is 27.7 Å². The Bertz CT molecular complexity index is 4540. The number of hydrogen-bond donors (Lipinski definition) is 0. The zero-order valence-corrected chi connectivity index (χ0v) is 61.2. The first-order valence-electron chi connectivity index (χ1n) is 35.0. The van der Waals surface area contributed by atoms with E-state index in [0.717, 1.165) is 96.3 Å². The zero-order valence-electron chi connectivity index (χ0n) is 61.2. The molecule has 0 spiro atoms. The summed E-state index contributed by atoms with van der Waals surface area (Å²) in [6.45, 7) is 18.0. The Hall–Kier alpha value is -10.1. The Balaban J connectivity index is 0.000000213. The average molecular weight is 1540 g/mol. The van der Waals surface area contributed by atoms with Crippen molar-refractivity contribution < 1.29 is 107 Å². The topological polar surface area (TPSA) is 46.2 Å². The van der Waals surface area contributed by atoms with Crippen molar-refractivity contribution in [2.75, 3.05) is 0 Å². The summed E-state index contributed by atoms with van der Waals surface area (Å²) in [7, 11) is 0. The standard InChI is InChI=1S/C17H15F5O.3C17H16F4O.C17H18F2O/c1-3-10-5-6-13(16(20)7-10)17(21,22)23-11-8-14(18)12(4-2)15(19)9-11;1-3-11-5-8-14(16(19)9-11)17(20,21)22-13-7-6-12(4-2)15(18)10-13;1-3-11-5-7-13(14(18)9-11)17(20,21)22-16-8-6-12(4-2)10-15(16)19;1-3-11-5-7-13(8-6-11)17(20,21)22-16-14(18)9-12(4-2)10-15(16)19;1-3-13-5-9-15(10-6-13)17(18,19)20-16-11-7-14(4-2)8-12-16/h5-9H,3-4H2,1-2H3;3*5-10H,3-4H2,1-2H3;5-12H,3-4H2,1-2H3. The quantitative estimate of drug-likeness (QED) is 0.0534. The Morgan fingerprint density at radius 3 is 0.872 bits per heavy atom. The summed E-state index contributed by atoms with van der Waals surface area (Å²) in [5, 5.41) is 0. The molecule has 0 fully saturated rings. The lowest BCUT2D eigenvalue weighted by Crippen LogP contribution is -2.24. The van der Waals surface area contributed by atoms with Crippen LogP contribution in [0, 0.1) is 52.4 Å². The molecular formula is C85H81F19O5. The molecule has 5 nitrogen and oxygen atoms in total. The third-order valence-corrected chi connectivity index (χ3v) is 16.9. The van der Waals surface area contributed by atoms with E-state index in [-0.39, 0.29) is 29.0 Å². The lowest BCUT2D eigenvalue weighted by atomic mass is 10.1. The van der Waals surface area contributed by atoms with E-state index in [4.69, 9.17) is 4.74 Å². The van der Waals surface area contributed by atoms with Crippen LogP contribution in [0.1, 0.15) is 153 Å². The van der Waals surface area contributed by atoms with Crippen LogP contribution in [0.4, 0.5) is 83.4 Å². The van der Waals surface area contributed by atoms with Gasteiger partial charge in [-0.15, -0.1) is 0 Å². The Labute approximate surface area is 621 Å². The molecule has 0 unspecified atom stereocenters. The van der Waals surface area contributed by atoms with Crippen LogP contribution in [0.15, 0.2) is 188 Å². The van der Waals surface area contributed by atoms with Crippen LogP contribution < -0.4 is 23.7 Å². The molecule has 0 N–H and O–H groups in total. The molecule has 24 heteroatoms. The molecule has 0 atom stereocenters. The van der Waals surface area contributed by atoms with Crippen molar-refractivity contribution in [1.29, 1.82) is 0 Å². The molecule has 0 amide bonds. The highest BCUT2D eigenvalue weighted by atomic mass is 19.3. The van der Waals surface area contributed by atoms with Crippen molar-refractivity contribution in [1.82, 2.24) is 0 Å².